The molecule has 0 saturated carbocycles. The van der Waals surface area contributed by atoms with Crippen LogP contribution in [0.5, 0.6) is 0 Å². The molecule has 1 N–H and O–H groups in total. The lowest BCUT2D eigenvalue weighted by Gasteiger charge is -2.35. The van der Waals surface area contributed by atoms with Crippen molar-refractivity contribution in [3.8, 4) is 0 Å². The number of hydrogen-bond acceptors (Lipinski definition) is 4. The molecule has 1 rings (SSSR count). The van der Waals surface area contributed by atoms with Gasteiger partial charge < -0.3 is 14.7 Å². The van der Waals surface area contributed by atoms with Crippen LogP contribution in [0.1, 0.15) is 32.1 Å². The minimum absolute atomic E-state index is 0.517. The van der Waals surface area contributed by atoms with E-state index in [0.29, 0.717) is 13.2 Å². The van der Waals surface area contributed by atoms with Gasteiger partial charge in [0.1, 0.15) is 0 Å². The zero-order valence-corrected chi connectivity index (χ0v) is 11.2. The van der Waals surface area contributed by atoms with Crippen molar-refractivity contribution in [1.82, 2.24) is 4.90 Å². The molecule has 0 atom stereocenters. The smallest absolute Gasteiger partial charge is 0.0817 e. The largest absolute Gasteiger partial charge is 0.388 e. The Morgan fingerprint density at radius 2 is 1.94 bits per heavy atom. The molecule has 0 aromatic rings. The van der Waals surface area contributed by atoms with Crippen LogP contribution in [-0.4, -0.2) is 54.7 Å². The summed E-state index contributed by atoms with van der Waals surface area (Å²) in [5.74, 6) is 0.977. The number of aliphatic hydroxyl groups is 1. The maximum atomic E-state index is 10.3. The molecule has 0 unspecified atom stereocenters. The van der Waals surface area contributed by atoms with E-state index in [9.17, 15) is 5.11 Å². The van der Waals surface area contributed by atoms with E-state index in [4.69, 9.17) is 4.74 Å². The maximum Gasteiger partial charge on any atom is 0.0817 e. The summed E-state index contributed by atoms with van der Waals surface area (Å²) in [7, 11) is 2.09. The summed E-state index contributed by atoms with van der Waals surface area (Å²) < 4.78 is 5.27. The van der Waals surface area contributed by atoms with Gasteiger partial charge >= 0.3 is 0 Å². The molecule has 1 heterocycles. The number of ether oxygens (including phenoxy) is 1. The van der Waals surface area contributed by atoms with Crippen LogP contribution in [0.4, 0.5) is 0 Å². The first-order valence-electron chi connectivity index (χ1n) is 6.26. The molecule has 16 heavy (non-hydrogen) atoms. The van der Waals surface area contributed by atoms with Crippen molar-refractivity contribution >= 4 is 12.6 Å². The number of likely N-dealkylation sites (N-methyl/N-ethyl adjacent to an activating group) is 1. The second kappa shape index (κ2) is 7.54. The third kappa shape index (κ3) is 5.53. The van der Waals surface area contributed by atoms with Gasteiger partial charge in [-0.25, -0.2) is 0 Å². The van der Waals surface area contributed by atoms with Crippen LogP contribution in [-0.2, 0) is 4.74 Å². The fourth-order valence-electron chi connectivity index (χ4n) is 2.16. The van der Waals surface area contributed by atoms with Crippen LogP contribution in [0.15, 0.2) is 0 Å². The molecule has 96 valence electrons. The Morgan fingerprint density at radius 3 is 2.56 bits per heavy atom. The van der Waals surface area contributed by atoms with E-state index in [1.54, 1.807) is 0 Å². The van der Waals surface area contributed by atoms with E-state index in [0.717, 1.165) is 31.7 Å². The molecule has 1 fully saturated rings. The van der Waals surface area contributed by atoms with E-state index in [1.807, 2.05) is 0 Å². The quantitative estimate of drug-likeness (QED) is 0.529. The Kier molecular flexibility index (Phi) is 6.73. The number of nitrogens with zero attached hydrogens (tertiary/aromatic N) is 1. The van der Waals surface area contributed by atoms with E-state index in [-0.39, 0.29) is 0 Å². The molecule has 1 aliphatic heterocycles. The van der Waals surface area contributed by atoms with Crippen LogP contribution in [0.2, 0.25) is 0 Å². The molecule has 0 aliphatic carbocycles. The van der Waals surface area contributed by atoms with Gasteiger partial charge in [0, 0.05) is 32.6 Å². The molecule has 1 aliphatic rings. The molecule has 1 saturated heterocycles. The molecule has 4 heteroatoms. The average Bonchev–Trinajstić information content (AvgIpc) is 2.25. The molecule has 0 radical (unpaired) electrons. The fraction of sp³-hybridized carbons (Fsp3) is 1.00. The standard InChI is InChI=1S/C12H25NO2S/c1-13(7-3-2-4-10-16)11-12(14)5-8-15-9-6-12/h14,16H,2-11H2,1H3. The lowest BCUT2D eigenvalue weighted by Crippen LogP contribution is -2.45. The number of rotatable bonds is 7. The van der Waals surface area contributed by atoms with Crippen molar-refractivity contribution in [3.05, 3.63) is 0 Å². The average molecular weight is 247 g/mol. The Hall–Kier alpha value is 0.230. The van der Waals surface area contributed by atoms with Crippen LogP contribution < -0.4 is 0 Å². The SMILES string of the molecule is CN(CCCCCS)CC1(O)CCOCC1. The lowest BCUT2D eigenvalue weighted by molar-refractivity contribution is -0.0769. The number of thiol groups is 1. The number of hydrogen-bond donors (Lipinski definition) is 2. The Morgan fingerprint density at radius 1 is 1.25 bits per heavy atom. The summed E-state index contributed by atoms with van der Waals surface area (Å²) >= 11 is 4.20. The molecule has 0 amide bonds. The summed E-state index contributed by atoms with van der Waals surface area (Å²) in [5, 5.41) is 10.3. The topological polar surface area (TPSA) is 32.7 Å². The zero-order valence-electron chi connectivity index (χ0n) is 10.3. The first kappa shape index (κ1) is 14.3. The summed E-state index contributed by atoms with van der Waals surface area (Å²) in [6.45, 7) is 3.24. The summed E-state index contributed by atoms with van der Waals surface area (Å²) in [6.07, 6.45) is 5.16. The van der Waals surface area contributed by atoms with Crippen LogP contribution >= 0.6 is 12.6 Å². The van der Waals surface area contributed by atoms with Crippen LogP contribution in [0.3, 0.4) is 0 Å². The van der Waals surface area contributed by atoms with Crippen LogP contribution in [0.25, 0.3) is 0 Å². The fourth-order valence-corrected chi connectivity index (χ4v) is 2.38. The lowest BCUT2D eigenvalue weighted by atomic mass is 9.94. The van der Waals surface area contributed by atoms with Gasteiger partial charge in [-0.3, -0.25) is 0 Å². The Labute approximate surface area is 105 Å². The number of unbranched alkanes of at least 4 members (excludes halogenated alkanes) is 2. The molecule has 0 aromatic carbocycles. The molecule has 3 nitrogen and oxygen atoms in total. The van der Waals surface area contributed by atoms with Crippen molar-refractivity contribution in [2.45, 2.75) is 37.7 Å². The highest BCUT2D eigenvalue weighted by Gasteiger charge is 2.30. The van der Waals surface area contributed by atoms with E-state index in [2.05, 4.69) is 24.6 Å². The highest BCUT2D eigenvalue weighted by molar-refractivity contribution is 7.80. The van der Waals surface area contributed by atoms with Gasteiger partial charge in [0.2, 0.25) is 0 Å². The minimum atomic E-state index is -0.517. The van der Waals surface area contributed by atoms with Gasteiger partial charge in [-0.15, -0.1) is 0 Å². The Bertz CT molecular complexity index is 184. The highest BCUT2D eigenvalue weighted by atomic mass is 32.1. The molecule has 0 aromatic heterocycles. The molecular weight excluding hydrogens is 222 g/mol. The second-order valence-corrected chi connectivity index (χ2v) is 5.31. The molecule has 0 bridgehead atoms. The zero-order chi connectivity index (χ0) is 11.9. The minimum Gasteiger partial charge on any atom is -0.388 e. The maximum absolute atomic E-state index is 10.3. The highest BCUT2D eigenvalue weighted by Crippen LogP contribution is 2.21. The monoisotopic (exact) mass is 247 g/mol. The predicted molar refractivity (Wildman–Crippen MR) is 70.2 cm³/mol. The van der Waals surface area contributed by atoms with Gasteiger partial charge in [-0.1, -0.05) is 6.42 Å². The van der Waals surface area contributed by atoms with Gasteiger partial charge in [0.05, 0.1) is 5.60 Å². The third-order valence-corrected chi connectivity index (χ3v) is 3.50. The second-order valence-electron chi connectivity index (χ2n) is 4.86. The van der Waals surface area contributed by atoms with Gasteiger partial charge in [-0.05, 0) is 32.2 Å². The van der Waals surface area contributed by atoms with Crippen molar-refractivity contribution < 1.29 is 9.84 Å². The molecule has 0 spiro atoms. The third-order valence-electron chi connectivity index (χ3n) is 3.19. The van der Waals surface area contributed by atoms with Crippen LogP contribution in [0, 0.1) is 0 Å². The van der Waals surface area contributed by atoms with Gasteiger partial charge in [0.25, 0.3) is 0 Å². The van der Waals surface area contributed by atoms with Gasteiger partial charge in [0.15, 0.2) is 0 Å². The van der Waals surface area contributed by atoms with Crippen molar-refractivity contribution in [2.75, 3.05) is 39.1 Å². The van der Waals surface area contributed by atoms with Crippen molar-refractivity contribution in [1.29, 1.82) is 0 Å². The first-order chi connectivity index (χ1) is 7.66. The van der Waals surface area contributed by atoms with E-state index < -0.39 is 5.60 Å². The summed E-state index contributed by atoms with van der Waals surface area (Å²) in [6, 6.07) is 0. The Balaban J connectivity index is 2.14. The first-order valence-corrected chi connectivity index (χ1v) is 6.89. The molecular formula is C12H25NO2S. The summed E-state index contributed by atoms with van der Waals surface area (Å²) in [5.41, 5.74) is -0.517. The normalized spacial score (nSPS) is 20.2. The van der Waals surface area contributed by atoms with Crippen molar-refractivity contribution in [2.24, 2.45) is 0 Å². The summed E-state index contributed by atoms with van der Waals surface area (Å²) in [4.78, 5) is 2.24. The van der Waals surface area contributed by atoms with E-state index in [1.165, 1.54) is 19.3 Å². The van der Waals surface area contributed by atoms with Gasteiger partial charge in [-0.2, -0.15) is 12.6 Å². The van der Waals surface area contributed by atoms with E-state index >= 15 is 0 Å². The van der Waals surface area contributed by atoms with Crippen molar-refractivity contribution in [3.63, 3.8) is 0 Å². The predicted octanol–water partition coefficient (Wildman–Crippen LogP) is 1.56.